The maximum atomic E-state index is 12.0. The number of alkyl halides is 1. The van der Waals surface area contributed by atoms with Crippen LogP contribution < -0.4 is 0 Å². The van der Waals surface area contributed by atoms with Gasteiger partial charge in [-0.1, -0.05) is 23.2 Å². The van der Waals surface area contributed by atoms with Crippen molar-refractivity contribution in [2.24, 2.45) is 0 Å². The molecule has 0 saturated heterocycles. The summed E-state index contributed by atoms with van der Waals surface area (Å²) in [6.45, 7) is 1.93. The van der Waals surface area contributed by atoms with Crippen molar-refractivity contribution >= 4 is 56.2 Å². The van der Waals surface area contributed by atoms with Gasteiger partial charge in [-0.05, 0) is 13.0 Å². The minimum atomic E-state index is -3.60. The van der Waals surface area contributed by atoms with Crippen molar-refractivity contribution in [3.05, 3.63) is 14.7 Å². The Hall–Kier alpha value is 0.480. The van der Waals surface area contributed by atoms with Crippen LogP contribution in [0.1, 0.15) is 6.92 Å². The second-order valence-corrected chi connectivity index (χ2v) is 8.30. The summed E-state index contributed by atoms with van der Waals surface area (Å²) in [5.74, 6) is 0. The predicted octanol–water partition coefficient (Wildman–Crippen LogP) is 3.30. The van der Waals surface area contributed by atoms with Gasteiger partial charge >= 0.3 is 0 Å². The van der Waals surface area contributed by atoms with E-state index in [1.54, 1.807) is 6.92 Å². The van der Waals surface area contributed by atoms with E-state index in [9.17, 15) is 8.42 Å². The van der Waals surface area contributed by atoms with Crippen LogP contribution >= 0.6 is 46.1 Å². The number of rotatable bonds is 4. The van der Waals surface area contributed by atoms with Crippen LogP contribution in [0.2, 0.25) is 8.67 Å². The van der Waals surface area contributed by atoms with Crippen LogP contribution in [-0.2, 0) is 10.0 Å². The highest BCUT2D eigenvalue weighted by Gasteiger charge is 2.26. The number of thiophene rings is 1. The summed E-state index contributed by atoms with van der Waals surface area (Å²) in [7, 11) is -2.15. The van der Waals surface area contributed by atoms with Crippen molar-refractivity contribution in [3.63, 3.8) is 0 Å². The summed E-state index contributed by atoms with van der Waals surface area (Å²) in [6, 6.07) is 1.35. The Kier molecular flexibility index (Phi) is 4.92. The molecule has 92 valence electrons. The monoisotopic (exact) mass is 321 g/mol. The van der Waals surface area contributed by atoms with Crippen LogP contribution in [0.3, 0.4) is 0 Å². The lowest BCUT2D eigenvalue weighted by Crippen LogP contribution is -2.31. The summed E-state index contributed by atoms with van der Waals surface area (Å²) < 4.78 is 25.7. The molecule has 1 unspecified atom stereocenters. The molecule has 0 saturated carbocycles. The molecule has 0 aliphatic carbocycles. The zero-order chi connectivity index (χ0) is 12.5. The molecular weight excluding hydrogens is 313 g/mol. The molecule has 1 heterocycles. The third kappa shape index (κ3) is 3.24. The van der Waals surface area contributed by atoms with Gasteiger partial charge in [0, 0.05) is 19.0 Å². The molecule has 1 atom stereocenters. The average molecular weight is 323 g/mol. The predicted molar refractivity (Wildman–Crippen MR) is 69.5 cm³/mol. The summed E-state index contributed by atoms with van der Waals surface area (Å²) >= 11 is 18.3. The Morgan fingerprint density at radius 2 is 2.06 bits per heavy atom. The van der Waals surface area contributed by atoms with Gasteiger partial charge in [0.05, 0.1) is 4.34 Å². The van der Waals surface area contributed by atoms with E-state index in [2.05, 4.69) is 0 Å². The van der Waals surface area contributed by atoms with Gasteiger partial charge in [-0.2, -0.15) is 4.31 Å². The van der Waals surface area contributed by atoms with E-state index >= 15 is 0 Å². The molecule has 1 rings (SSSR count). The molecule has 16 heavy (non-hydrogen) atoms. The molecule has 0 amide bonds. The van der Waals surface area contributed by atoms with Gasteiger partial charge in [0.2, 0.25) is 10.0 Å². The lowest BCUT2D eigenvalue weighted by atomic mass is 10.5. The molecule has 0 N–H and O–H groups in total. The third-order valence-corrected chi connectivity index (χ3v) is 5.54. The first-order valence-corrected chi connectivity index (χ1v) is 7.75. The van der Waals surface area contributed by atoms with Crippen molar-refractivity contribution in [2.75, 3.05) is 13.6 Å². The molecule has 1 aromatic rings. The van der Waals surface area contributed by atoms with Crippen LogP contribution in [0.25, 0.3) is 0 Å². The molecule has 3 nitrogen and oxygen atoms in total. The normalized spacial score (nSPS) is 14.4. The Labute approximate surface area is 114 Å². The van der Waals surface area contributed by atoms with Crippen LogP contribution in [0.4, 0.5) is 0 Å². The first-order chi connectivity index (χ1) is 7.25. The molecule has 8 heteroatoms. The second-order valence-electron chi connectivity index (χ2n) is 3.25. The van der Waals surface area contributed by atoms with Gasteiger partial charge in [-0.15, -0.1) is 22.9 Å². The summed E-state index contributed by atoms with van der Waals surface area (Å²) in [4.78, 5) is 0.0315. The van der Waals surface area contributed by atoms with Gasteiger partial charge in [0.1, 0.15) is 9.23 Å². The minimum Gasteiger partial charge on any atom is -0.207 e. The van der Waals surface area contributed by atoms with Crippen molar-refractivity contribution < 1.29 is 8.42 Å². The topological polar surface area (TPSA) is 37.4 Å². The van der Waals surface area contributed by atoms with E-state index in [0.29, 0.717) is 4.34 Å². The van der Waals surface area contributed by atoms with Crippen LogP contribution in [0, 0.1) is 0 Å². The van der Waals surface area contributed by atoms with Crippen molar-refractivity contribution in [1.82, 2.24) is 4.31 Å². The number of halogens is 3. The molecular formula is C8H10Cl3NO2S2. The van der Waals surface area contributed by atoms with E-state index in [0.717, 1.165) is 15.6 Å². The minimum absolute atomic E-state index is 0.0315. The number of hydrogen-bond donors (Lipinski definition) is 0. The zero-order valence-electron chi connectivity index (χ0n) is 8.58. The molecule has 1 aromatic heterocycles. The lowest BCUT2D eigenvalue weighted by Gasteiger charge is -2.17. The van der Waals surface area contributed by atoms with E-state index in [-0.39, 0.29) is 21.2 Å². The summed E-state index contributed by atoms with van der Waals surface area (Å²) in [5, 5.41) is -0.271. The Balaban J connectivity index is 3.07. The standard InChI is InChI=1S/C8H10Cl3NO2S2/c1-5(9)4-12(2)16(13,14)6-3-7(10)15-8(6)11/h3,5H,4H2,1-2H3. The fourth-order valence-electron chi connectivity index (χ4n) is 1.12. The Bertz CT molecular complexity index is 470. The second kappa shape index (κ2) is 5.42. The zero-order valence-corrected chi connectivity index (χ0v) is 12.5. The summed E-state index contributed by atoms with van der Waals surface area (Å²) in [5.41, 5.74) is 0. The van der Waals surface area contributed by atoms with Crippen molar-refractivity contribution in [1.29, 1.82) is 0 Å². The Morgan fingerprint density at radius 1 is 1.50 bits per heavy atom. The summed E-state index contributed by atoms with van der Waals surface area (Å²) in [6.07, 6.45) is 0. The van der Waals surface area contributed by atoms with Crippen LogP contribution in [0.15, 0.2) is 11.0 Å². The maximum absolute atomic E-state index is 12.0. The van der Waals surface area contributed by atoms with Gasteiger partial charge < -0.3 is 0 Å². The molecule has 0 radical (unpaired) electrons. The van der Waals surface area contributed by atoms with Crippen molar-refractivity contribution in [3.8, 4) is 0 Å². The Morgan fingerprint density at radius 3 is 2.44 bits per heavy atom. The van der Waals surface area contributed by atoms with Crippen LogP contribution in [0.5, 0.6) is 0 Å². The molecule has 0 spiro atoms. The fraction of sp³-hybridized carbons (Fsp3) is 0.500. The molecule has 0 aliphatic rings. The van der Waals surface area contributed by atoms with E-state index in [1.807, 2.05) is 0 Å². The first-order valence-electron chi connectivity index (χ1n) is 4.30. The van der Waals surface area contributed by atoms with Gasteiger partial charge in [0.15, 0.2) is 0 Å². The lowest BCUT2D eigenvalue weighted by molar-refractivity contribution is 0.471. The fourth-order valence-corrected chi connectivity index (χ4v) is 4.78. The van der Waals surface area contributed by atoms with E-state index in [1.165, 1.54) is 13.1 Å². The van der Waals surface area contributed by atoms with Crippen LogP contribution in [-0.4, -0.2) is 31.7 Å². The van der Waals surface area contributed by atoms with Gasteiger partial charge in [-0.3, -0.25) is 0 Å². The molecule has 0 bridgehead atoms. The van der Waals surface area contributed by atoms with Gasteiger partial charge in [-0.25, -0.2) is 8.42 Å². The largest absolute Gasteiger partial charge is 0.245 e. The number of hydrogen-bond acceptors (Lipinski definition) is 3. The van der Waals surface area contributed by atoms with E-state index in [4.69, 9.17) is 34.8 Å². The highest BCUT2D eigenvalue weighted by atomic mass is 35.5. The first kappa shape index (κ1) is 14.5. The van der Waals surface area contributed by atoms with E-state index < -0.39 is 10.0 Å². The highest BCUT2D eigenvalue weighted by molar-refractivity contribution is 7.89. The molecule has 0 aromatic carbocycles. The maximum Gasteiger partial charge on any atom is 0.245 e. The SMILES string of the molecule is CC(Cl)CN(C)S(=O)(=O)c1cc(Cl)sc1Cl. The number of nitrogens with zero attached hydrogens (tertiary/aromatic N) is 1. The quantitative estimate of drug-likeness (QED) is 0.798. The molecule has 0 fully saturated rings. The van der Waals surface area contributed by atoms with Gasteiger partial charge in [0.25, 0.3) is 0 Å². The average Bonchev–Trinajstić information content (AvgIpc) is 2.44. The highest BCUT2D eigenvalue weighted by Crippen LogP contribution is 2.35. The number of sulfonamides is 1. The third-order valence-electron chi connectivity index (χ3n) is 1.82. The molecule has 0 aliphatic heterocycles. The van der Waals surface area contributed by atoms with Crippen molar-refractivity contribution in [2.45, 2.75) is 17.2 Å². The smallest absolute Gasteiger partial charge is 0.207 e.